The third-order valence-corrected chi connectivity index (χ3v) is 3.43. The summed E-state index contributed by atoms with van der Waals surface area (Å²) in [4.78, 5) is 14.9. The Bertz CT molecular complexity index is 179. The Labute approximate surface area is 120 Å². The molecule has 0 bridgehead atoms. The van der Waals surface area contributed by atoms with E-state index in [2.05, 4.69) is 23.7 Å². The van der Waals surface area contributed by atoms with Crippen molar-refractivity contribution in [2.24, 2.45) is 5.92 Å². The van der Waals surface area contributed by atoms with Gasteiger partial charge in [0, 0.05) is 0 Å². The van der Waals surface area contributed by atoms with Crippen molar-refractivity contribution in [1.29, 1.82) is 0 Å². The van der Waals surface area contributed by atoms with Gasteiger partial charge in [0.05, 0.1) is 0 Å². The van der Waals surface area contributed by atoms with Crippen molar-refractivity contribution in [1.82, 2.24) is 0 Å². The van der Waals surface area contributed by atoms with E-state index in [0.717, 1.165) is 30.4 Å². The second kappa shape index (κ2) is 14.6. The number of aliphatic hydroxyl groups is 1. The molecule has 0 heterocycles. The van der Waals surface area contributed by atoms with Gasteiger partial charge in [0.1, 0.15) is 0 Å². The molecule has 0 amide bonds. The number of carboxylic acids is 1. The number of hydrogen-bond acceptors (Lipinski definition) is 3. The molecule has 102 valence electrons. The maximum absolute atomic E-state index is 10.3. The Kier molecular flexibility index (Phi) is 17.1. The number of carbonyl (C=O) groups is 1. The summed E-state index contributed by atoms with van der Waals surface area (Å²) >= 11 is 1.35. The van der Waals surface area contributed by atoms with Crippen LogP contribution in [-0.4, -0.2) is 48.5 Å². The van der Waals surface area contributed by atoms with Crippen molar-refractivity contribution in [2.45, 2.75) is 54.8 Å². The molecule has 0 saturated heterocycles. The predicted molar refractivity (Wildman–Crippen MR) is 76.9 cm³/mol. The van der Waals surface area contributed by atoms with Gasteiger partial charge in [0.15, 0.2) is 5.44 Å². The quantitative estimate of drug-likeness (QED) is 0.510. The van der Waals surface area contributed by atoms with Gasteiger partial charge in [-0.3, -0.25) is 0 Å². The predicted octanol–water partition coefficient (Wildman–Crippen LogP) is 3.13. The number of rotatable bonds is 8. The van der Waals surface area contributed by atoms with Gasteiger partial charge in [-0.25, -0.2) is 4.79 Å². The van der Waals surface area contributed by atoms with Crippen LogP contribution in [0.4, 0.5) is 0 Å². The second-order valence-electron chi connectivity index (χ2n) is 3.94. The first-order valence-electron chi connectivity index (χ1n) is 6.14. The van der Waals surface area contributed by atoms with Crippen LogP contribution in [0.3, 0.4) is 0 Å². The van der Waals surface area contributed by atoms with E-state index in [1.807, 2.05) is 0 Å². The first kappa shape index (κ1) is 19.9. The van der Waals surface area contributed by atoms with E-state index >= 15 is 0 Å². The summed E-state index contributed by atoms with van der Waals surface area (Å²) in [5.41, 5.74) is -1.26. The average molecular weight is 369 g/mol. The van der Waals surface area contributed by atoms with E-state index in [-0.39, 0.29) is 21.1 Å². The molecule has 3 nitrogen and oxygen atoms in total. The van der Waals surface area contributed by atoms with Crippen molar-refractivity contribution in [2.75, 3.05) is 5.75 Å². The van der Waals surface area contributed by atoms with Gasteiger partial charge in [-0.15, -0.1) is 11.8 Å². The van der Waals surface area contributed by atoms with E-state index in [1.165, 1.54) is 12.8 Å². The molecule has 0 saturated carbocycles. The van der Waals surface area contributed by atoms with Gasteiger partial charge in [-0.2, -0.15) is 0 Å². The molecular weight excluding hydrogens is 343 g/mol. The molecule has 0 aliphatic heterocycles. The molecule has 2 N–H and O–H groups in total. The van der Waals surface area contributed by atoms with Gasteiger partial charge < -0.3 is 10.2 Å². The van der Waals surface area contributed by atoms with Crippen molar-refractivity contribution in [3.05, 3.63) is 0 Å². The summed E-state index contributed by atoms with van der Waals surface area (Å²) in [5.74, 6) is 0.138. The number of unbranched alkanes of at least 4 members (excludes halogenated alkanes) is 1. The van der Waals surface area contributed by atoms with Gasteiger partial charge in [0.2, 0.25) is 0 Å². The molecule has 0 aromatic carbocycles. The zero-order chi connectivity index (χ0) is 13.7. The minimum atomic E-state index is -1.26. The number of carboxylic acid groups (broad SMARTS) is 1. The molecule has 0 aliphatic rings. The topological polar surface area (TPSA) is 57.5 Å². The molecule has 5 heteroatoms. The fraction of sp³-hybridized carbons (Fsp3) is 0.917. The number of aliphatic hydroxyl groups excluding tert-OH is 1. The molecule has 0 aromatic rings. The zero-order valence-corrected chi connectivity index (χ0v) is 15.1. The van der Waals surface area contributed by atoms with Crippen LogP contribution in [0.25, 0.3) is 0 Å². The Hall–Kier alpha value is 0.579. The number of thioether (sulfide) groups is 1. The number of aliphatic carboxylic acids is 1. The van der Waals surface area contributed by atoms with E-state index < -0.39 is 11.4 Å². The van der Waals surface area contributed by atoms with Gasteiger partial charge >= 0.3 is 37.0 Å². The van der Waals surface area contributed by atoms with E-state index in [9.17, 15) is 4.79 Å². The second-order valence-corrected chi connectivity index (χ2v) is 7.91. The minimum absolute atomic E-state index is 0.230. The Morgan fingerprint density at radius 3 is 2.24 bits per heavy atom. The normalized spacial score (nSPS) is 13.5. The van der Waals surface area contributed by atoms with Gasteiger partial charge in [-0.05, 0) is 18.1 Å². The van der Waals surface area contributed by atoms with Crippen molar-refractivity contribution in [3.63, 3.8) is 0 Å². The molecule has 2 radical (unpaired) electrons. The molecule has 2 unspecified atom stereocenters. The summed E-state index contributed by atoms with van der Waals surface area (Å²) in [5, 5.41) is 17.5. The standard InChI is InChI=1S/C10H20O3S.2CH3.Sn/c1-3-5-6-8(4-2)7-14-10(13)9(11)12;;;/h8,10,13H,3-7H2,1-2H3,(H,11,12);2*1H3;. The van der Waals surface area contributed by atoms with Crippen LogP contribution in [0.5, 0.6) is 0 Å². The first-order chi connectivity index (χ1) is 8.03. The molecule has 0 fully saturated rings. The Balaban J connectivity index is 0. The van der Waals surface area contributed by atoms with Crippen molar-refractivity contribution in [3.8, 4) is 0 Å². The van der Waals surface area contributed by atoms with E-state index in [4.69, 9.17) is 10.2 Å². The first-order valence-corrected chi connectivity index (χ1v) is 12.9. The SMILES string of the molecule is CCCCC(CC)CSC(O)C(=O)O.[CH3][Sn][CH3]. The molecule has 17 heavy (non-hydrogen) atoms. The molecule has 0 aromatic heterocycles. The van der Waals surface area contributed by atoms with Crippen LogP contribution in [0.2, 0.25) is 9.88 Å². The molecular formula is C12H26O3SSn. The van der Waals surface area contributed by atoms with Crippen LogP contribution in [-0.2, 0) is 4.79 Å². The Morgan fingerprint density at radius 1 is 1.35 bits per heavy atom. The zero-order valence-electron chi connectivity index (χ0n) is 11.4. The van der Waals surface area contributed by atoms with Crippen LogP contribution in [0, 0.1) is 5.92 Å². The van der Waals surface area contributed by atoms with E-state index in [1.54, 1.807) is 0 Å². The molecule has 2 atom stereocenters. The van der Waals surface area contributed by atoms with Gasteiger partial charge in [0.25, 0.3) is 0 Å². The van der Waals surface area contributed by atoms with Crippen molar-refractivity contribution >= 4 is 38.9 Å². The van der Waals surface area contributed by atoms with Crippen LogP contribution < -0.4 is 0 Å². The molecule has 0 spiro atoms. The van der Waals surface area contributed by atoms with Crippen LogP contribution in [0.15, 0.2) is 0 Å². The average Bonchev–Trinajstić information content (AvgIpc) is 2.30. The third kappa shape index (κ3) is 14.5. The molecule has 0 rings (SSSR count). The summed E-state index contributed by atoms with van der Waals surface area (Å²) < 4.78 is 0. The summed E-state index contributed by atoms with van der Waals surface area (Å²) in [6.45, 7) is 4.25. The van der Waals surface area contributed by atoms with Crippen LogP contribution >= 0.6 is 11.8 Å². The summed E-state index contributed by atoms with van der Waals surface area (Å²) in [7, 11) is 0. The van der Waals surface area contributed by atoms with E-state index in [0.29, 0.717) is 5.92 Å². The number of hydrogen-bond donors (Lipinski definition) is 2. The van der Waals surface area contributed by atoms with Crippen molar-refractivity contribution < 1.29 is 15.0 Å². The maximum atomic E-state index is 10.3. The summed E-state index contributed by atoms with van der Waals surface area (Å²) in [6, 6.07) is 0. The van der Waals surface area contributed by atoms with Gasteiger partial charge in [-0.1, -0.05) is 33.1 Å². The summed E-state index contributed by atoms with van der Waals surface area (Å²) in [6.07, 6.45) is 4.54. The van der Waals surface area contributed by atoms with Crippen LogP contribution in [0.1, 0.15) is 39.5 Å². The monoisotopic (exact) mass is 370 g/mol. The fourth-order valence-electron chi connectivity index (χ4n) is 1.20. The third-order valence-electron chi connectivity index (χ3n) is 2.24. The fourth-order valence-corrected chi connectivity index (χ4v) is 2.20. The Morgan fingerprint density at radius 2 is 1.88 bits per heavy atom. The molecule has 0 aliphatic carbocycles.